The normalized spacial score (nSPS) is 30.6. The number of carbonyl (C=O) groups excluding carboxylic acids is 1. The third-order valence-electron chi connectivity index (χ3n) is 4.39. The molecule has 0 aliphatic carbocycles. The fraction of sp³-hybridized carbons (Fsp3) is 0.211. The van der Waals surface area contributed by atoms with Gasteiger partial charge in [-0.3, -0.25) is 4.79 Å². The molecule has 21 heavy (non-hydrogen) atoms. The lowest BCUT2D eigenvalue weighted by atomic mass is 9.78. The lowest BCUT2D eigenvalue weighted by Crippen LogP contribution is -2.40. The number of fused-ring (bicyclic) bond motifs is 2. The SMILES string of the molecule is O=C1C(c2ccccc2)[C@@H]2C=C[C@@H](O2)C1c1ccccc1. The topological polar surface area (TPSA) is 26.3 Å². The van der Waals surface area contributed by atoms with Gasteiger partial charge in [-0.25, -0.2) is 0 Å². The van der Waals surface area contributed by atoms with Gasteiger partial charge < -0.3 is 4.74 Å². The minimum Gasteiger partial charge on any atom is -0.365 e. The second kappa shape index (κ2) is 4.97. The van der Waals surface area contributed by atoms with Crippen molar-refractivity contribution in [3.05, 3.63) is 83.9 Å². The van der Waals surface area contributed by atoms with Crippen molar-refractivity contribution in [2.75, 3.05) is 0 Å². The van der Waals surface area contributed by atoms with Crippen LogP contribution in [0.5, 0.6) is 0 Å². The minimum atomic E-state index is -0.202. The predicted octanol–water partition coefficient (Wildman–Crippen LogP) is 3.46. The summed E-state index contributed by atoms with van der Waals surface area (Å²) in [6.07, 6.45) is 3.85. The Balaban J connectivity index is 1.77. The van der Waals surface area contributed by atoms with E-state index in [0.717, 1.165) is 11.1 Å². The fourth-order valence-corrected chi connectivity index (χ4v) is 3.42. The van der Waals surface area contributed by atoms with E-state index in [9.17, 15) is 4.79 Å². The van der Waals surface area contributed by atoms with Crippen molar-refractivity contribution in [1.29, 1.82) is 0 Å². The maximum Gasteiger partial charge on any atom is 0.153 e. The van der Waals surface area contributed by atoms with E-state index in [1.54, 1.807) is 0 Å². The average molecular weight is 276 g/mol. The van der Waals surface area contributed by atoms with Gasteiger partial charge in [-0.2, -0.15) is 0 Å². The molecule has 4 rings (SSSR count). The summed E-state index contributed by atoms with van der Waals surface area (Å²) in [5.74, 6) is -0.142. The van der Waals surface area contributed by atoms with Gasteiger partial charge in [-0.05, 0) is 11.1 Å². The molecule has 2 heterocycles. The van der Waals surface area contributed by atoms with Crippen LogP contribution in [0, 0.1) is 0 Å². The first-order valence-corrected chi connectivity index (χ1v) is 7.32. The maximum absolute atomic E-state index is 13.1. The van der Waals surface area contributed by atoms with Gasteiger partial charge in [0.1, 0.15) is 0 Å². The zero-order chi connectivity index (χ0) is 14.2. The van der Waals surface area contributed by atoms with E-state index in [2.05, 4.69) is 0 Å². The smallest absolute Gasteiger partial charge is 0.153 e. The number of hydrogen-bond donors (Lipinski definition) is 0. The van der Waals surface area contributed by atoms with Crippen LogP contribution in [0.25, 0.3) is 0 Å². The number of benzene rings is 2. The first-order valence-electron chi connectivity index (χ1n) is 7.32. The lowest BCUT2D eigenvalue weighted by Gasteiger charge is -2.35. The van der Waals surface area contributed by atoms with E-state index in [4.69, 9.17) is 4.74 Å². The highest BCUT2D eigenvalue weighted by Crippen LogP contribution is 2.43. The molecule has 104 valence electrons. The van der Waals surface area contributed by atoms with Crippen molar-refractivity contribution < 1.29 is 9.53 Å². The molecular weight excluding hydrogens is 260 g/mol. The summed E-state index contributed by atoms with van der Waals surface area (Å²) in [7, 11) is 0. The number of Topliss-reactive ketones (excluding diaryl/α,β-unsaturated/α-hetero) is 1. The Labute approximate surface area is 124 Å². The van der Waals surface area contributed by atoms with E-state index in [0.29, 0.717) is 0 Å². The Bertz CT molecular complexity index is 618. The Hall–Kier alpha value is -2.19. The molecule has 2 unspecified atom stereocenters. The van der Waals surface area contributed by atoms with Gasteiger partial charge in [0.15, 0.2) is 5.78 Å². The zero-order valence-electron chi connectivity index (χ0n) is 11.6. The molecule has 1 saturated heterocycles. The van der Waals surface area contributed by atoms with Gasteiger partial charge >= 0.3 is 0 Å². The highest BCUT2D eigenvalue weighted by atomic mass is 16.5. The van der Waals surface area contributed by atoms with E-state index in [1.807, 2.05) is 72.8 Å². The number of hydrogen-bond acceptors (Lipinski definition) is 2. The second-order valence-corrected chi connectivity index (χ2v) is 5.63. The second-order valence-electron chi connectivity index (χ2n) is 5.63. The van der Waals surface area contributed by atoms with Crippen molar-refractivity contribution in [2.45, 2.75) is 24.0 Å². The molecule has 1 fully saturated rings. The Morgan fingerprint density at radius 2 is 1.10 bits per heavy atom. The molecular formula is C19H16O2. The van der Waals surface area contributed by atoms with Crippen molar-refractivity contribution in [3.63, 3.8) is 0 Å². The number of rotatable bonds is 2. The van der Waals surface area contributed by atoms with E-state index >= 15 is 0 Å². The van der Waals surface area contributed by atoms with Crippen LogP contribution in [-0.2, 0) is 9.53 Å². The number of carbonyl (C=O) groups is 1. The van der Waals surface area contributed by atoms with Crippen molar-refractivity contribution in [1.82, 2.24) is 0 Å². The van der Waals surface area contributed by atoms with Gasteiger partial charge in [0.25, 0.3) is 0 Å². The molecule has 2 nitrogen and oxygen atoms in total. The molecule has 2 aromatic rings. The number of ketones is 1. The van der Waals surface area contributed by atoms with Crippen LogP contribution in [0.1, 0.15) is 23.0 Å². The first-order chi connectivity index (χ1) is 10.3. The van der Waals surface area contributed by atoms with E-state index in [1.165, 1.54) is 0 Å². The summed E-state index contributed by atoms with van der Waals surface area (Å²) >= 11 is 0. The van der Waals surface area contributed by atoms with Crippen LogP contribution < -0.4 is 0 Å². The summed E-state index contributed by atoms with van der Waals surface area (Å²) in [4.78, 5) is 13.1. The van der Waals surface area contributed by atoms with Crippen LogP contribution in [0.15, 0.2) is 72.8 Å². The van der Waals surface area contributed by atoms with Crippen molar-refractivity contribution in [3.8, 4) is 0 Å². The van der Waals surface area contributed by atoms with E-state index < -0.39 is 0 Å². The van der Waals surface area contributed by atoms with Crippen LogP contribution in [-0.4, -0.2) is 18.0 Å². The first kappa shape index (κ1) is 12.5. The minimum absolute atomic E-state index is 0.120. The van der Waals surface area contributed by atoms with Gasteiger partial charge in [-0.1, -0.05) is 72.8 Å². The predicted molar refractivity (Wildman–Crippen MR) is 81.2 cm³/mol. The summed E-state index contributed by atoms with van der Waals surface area (Å²) in [5.41, 5.74) is 2.08. The van der Waals surface area contributed by atoms with Crippen molar-refractivity contribution in [2.24, 2.45) is 0 Å². The monoisotopic (exact) mass is 276 g/mol. The zero-order valence-corrected chi connectivity index (χ0v) is 11.6. The van der Waals surface area contributed by atoms with Gasteiger partial charge in [0.05, 0.1) is 24.0 Å². The average Bonchev–Trinajstić information content (AvgIpc) is 2.94. The summed E-state index contributed by atoms with van der Waals surface area (Å²) in [5, 5.41) is 0. The standard InChI is InChI=1S/C19H16O2/c20-19-17(13-7-3-1-4-8-13)15-11-12-16(21-15)18(19)14-9-5-2-6-10-14/h1-12,15-18H/t15-,16+,17?,18?. The molecule has 4 atom stereocenters. The highest BCUT2D eigenvalue weighted by Gasteiger charge is 2.47. The van der Waals surface area contributed by atoms with Crippen LogP contribution in [0.2, 0.25) is 0 Å². The quantitative estimate of drug-likeness (QED) is 0.785. The fourth-order valence-electron chi connectivity index (χ4n) is 3.42. The summed E-state index contributed by atoms with van der Waals surface area (Å²) < 4.78 is 6.07. The molecule has 0 spiro atoms. The Kier molecular flexibility index (Phi) is 2.97. The Morgan fingerprint density at radius 1 is 0.667 bits per heavy atom. The molecule has 2 heteroatoms. The molecule has 0 N–H and O–H groups in total. The largest absolute Gasteiger partial charge is 0.365 e. The molecule has 0 radical (unpaired) electrons. The maximum atomic E-state index is 13.1. The van der Waals surface area contributed by atoms with Gasteiger partial charge in [-0.15, -0.1) is 0 Å². The molecule has 2 aliphatic rings. The Morgan fingerprint density at radius 3 is 1.52 bits per heavy atom. The number of ether oxygens (including phenoxy) is 1. The van der Waals surface area contributed by atoms with Gasteiger partial charge in [0.2, 0.25) is 0 Å². The van der Waals surface area contributed by atoms with Crippen LogP contribution in [0.3, 0.4) is 0 Å². The van der Waals surface area contributed by atoms with Crippen molar-refractivity contribution >= 4 is 5.78 Å². The molecule has 0 amide bonds. The lowest BCUT2D eigenvalue weighted by molar-refractivity contribution is -0.134. The molecule has 2 bridgehead atoms. The highest BCUT2D eigenvalue weighted by molar-refractivity contribution is 5.94. The van der Waals surface area contributed by atoms with Gasteiger partial charge in [0, 0.05) is 0 Å². The molecule has 2 aromatic carbocycles. The molecule has 0 aromatic heterocycles. The third kappa shape index (κ3) is 2.03. The molecule has 0 saturated carbocycles. The third-order valence-corrected chi connectivity index (χ3v) is 4.39. The summed E-state index contributed by atoms with van der Waals surface area (Å²) in [6, 6.07) is 19.9. The summed E-state index contributed by atoms with van der Waals surface area (Å²) in [6.45, 7) is 0. The molecule has 2 aliphatic heterocycles. The van der Waals surface area contributed by atoms with Crippen LogP contribution in [0.4, 0.5) is 0 Å². The van der Waals surface area contributed by atoms with E-state index in [-0.39, 0.29) is 29.8 Å². The van der Waals surface area contributed by atoms with Crippen LogP contribution >= 0.6 is 0 Å².